The molecule has 0 aromatic heterocycles. The Hall–Kier alpha value is -4.45. The lowest BCUT2D eigenvalue weighted by Gasteiger charge is -2.18. The molecule has 0 saturated heterocycles. The Labute approximate surface area is 500 Å². The lowest BCUT2D eigenvalue weighted by Crippen LogP contribution is -2.30. The quantitative estimate of drug-likeness (QED) is 0.0261. The predicted octanol–water partition coefficient (Wildman–Crippen LogP) is 23.3. The van der Waals surface area contributed by atoms with Crippen molar-refractivity contribution in [3.05, 3.63) is 134 Å². The van der Waals surface area contributed by atoms with Crippen molar-refractivity contribution >= 4 is 17.9 Å². The molecule has 0 radical (unpaired) electrons. The van der Waals surface area contributed by atoms with E-state index in [1.165, 1.54) is 128 Å². The number of esters is 3. The first-order valence-corrected chi connectivity index (χ1v) is 33.7. The van der Waals surface area contributed by atoms with E-state index in [0.717, 1.165) is 135 Å². The number of unbranched alkanes of at least 4 members (excludes halogenated alkanes) is 27. The Balaban J connectivity index is 4.40. The van der Waals surface area contributed by atoms with Crippen LogP contribution in [0.4, 0.5) is 0 Å². The summed E-state index contributed by atoms with van der Waals surface area (Å²) in [4.78, 5) is 38.4. The summed E-state index contributed by atoms with van der Waals surface area (Å²) in [7, 11) is 0. The fraction of sp³-hybridized carbons (Fsp3) is 0.667. The van der Waals surface area contributed by atoms with Crippen molar-refractivity contribution in [2.45, 2.75) is 309 Å². The van der Waals surface area contributed by atoms with Gasteiger partial charge in [-0.15, -0.1) is 0 Å². The molecule has 0 bridgehead atoms. The van der Waals surface area contributed by atoms with Gasteiger partial charge in [0.2, 0.25) is 0 Å². The van der Waals surface area contributed by atoms with Crippen molar-refractivity contribution in [3.8, 4) is 0 Å². The van der Waals surface area contributed by atoms with Crippen LogP contribution in [0.2, 0.25) is 0 Å². The highest BCUT2D eigenvalue weighted by Gasteiger charge is 2.19. The number of allylic oxidation sites excluding steroid dienone is 22. The van der Waals surface area contributed by atoms with E-state index < -0.39 is 6.10 Å². The summed E-state index contributed by atoms with van der Waals surface area (Å²) in [5, 5.41) is 0. The summed E-state index contributed by atoms with van der Waals surface area (Å²) in [5.41, 5.74) is 0. The van der Waals surface area contributed by atoms with Gasteiger partial charge in [0.05, 0.1) is 0 Å². The Kier molecular flexibility index (Phi) is 64.3. The molecule has 0 N–H and O–H groups in total. The fourth-order valence-electron chi connectivity index (χ4n) is 9.14. The van der Waals surface area contributed by atoms with Crippen molar-refractivity contribution in [2.75, 3.05) is 13.2 Å². The van der Waals surface area contributed by atoms with Crippen LogP contribution in [0.25, 0.3) is 0 Å². The first kappa shape index (κ1) is 76.5. The molecule has 460 valence electrons. The SMILES string of the molecule is CC/C=C\C/C=C\C/C=C\C/C=C\C/C=C\CCCCCCCCCC(=O)OC(COC(=O)CCCC/C=C\C/C=C\C/C=C\C/C=C\CC)COC(=O)CCCCCCCCCCCCCCC/C=C\C/C=C\CCCCCCC. The average Bonchev–Trinajstić information content (AvgIpc) is 3.47. The molecular weight excluding hydrogens is 997 g/mol. The summed E-state index contributed by atoms with van der Waals surface area (Å²) in [6.45, 7) is 6.38. The van der Waals surface area contributed by atoms with E-state index in [0.29, 0.717) is 19.3 Å². The molecule has 0 aromatic carbocycles. The van der Waals surface area contributed by atoms with E-state index in [4.69, 9.17) is 14.2 Å². The molecule has 0 aromatic rings. The number of hydrogen-bond donors (Lipinski definition) is 0. The number of carbonyl (C=O) groups excluding carboxylic acids is 3. The van der Waals surface area contributed by atoms with Crippen LogP contribution in [0.1, 0.15) is 303 Å². The van der Waals surface area contributed by atoms with Gasteiger partial charge in [0.1, 0.15) is 13.2 Å². The maximum atomic E-state index is 12.9. The van der Waals surface area contributed by atoms with Gasteiger partial charge in [-0.05, 0) is 135 Å². The Morgan fingerprint density at radius 2 is 0.481 bits per heavy atom. The first-order chi connectivity index (χ1) is 40.0. The fourth-order valence-corrected chi connectivity index (χ4v) is 9.14. The van der Waals surface area contributed by atoms with Crippen LogP contribution in [-0.4, -0.2) is 37.2 Å². The minimum Gasteiger partial charge on any atom is -0.462 e. The highest BCUT2D eigenvalue weighted by Crippen LogP contribution is 2.16. The van der Waals surface area contributed by atoms with E-state index in [1.54, 1.807) is 0 Å². The van der Waals surface area contributed by atoms with Crippen LogP contribution in [-0.2, 0) is 28.6 Å². The van der Waals surface area contributed by atoms with Crippen LogP contribution < -0.4 is 0 Å². The minimum atomic E-state index is -0.808. The van der Waals surface area contributed by atoms with Gasteiger partial charge in [0.25, 0.3) is 0 Å². The largest absolute Gasteiger partial charge is 0.462 e. The van der Waals surface area contributed by atoms with E-state index in [2.05, 4.69) is 154 Å². The van der Waals surface area contributed by atoms with Crippen molar-refractivity contribution in [2.24, 2.45) is 0 Å². The standard InChI is InChI=1S/C75H124O6/c1-4-7-10-13-16-19-22-25-28-30-32-34-36-37-39-40-42-44-47-50-53-56-59-62-65-68-74(77)80-71-72(70-79-73(76)67-64-61-58-55-52-49-46-27-24-21-18-15-12-9-6-3)81-75(78)69-66-63-60-57-54-51-48-45-43-41-38-35-33-31-29-26-23-20-17-14-11-8-5-2/h8-9,11-12,17-18,20-22,25-27,29-30,32-33,35,41,43,46,52,55,72H,4-7,10,13-16,19,23-24,28,31,34,36-40,42,44-45,47-51,53-54,56-71H2,1-3H3/b11-8-,12-9-,20-17-,21-18-,25-22-,29-26-,32-30-,35-33-,43-41-,46-27-,55-52-. The summed E-state index contributed by atoms with van der Waals surface area (Å²) in [6, 6.07) is 0. The smallest absolute Gasteiger partial charge is 0.306 e. The third-order valence-electron chi connectivity index (χ3n) is 14.1. The Morgan fingerprint density at radius 3 is 0.778 bits per heavy atom. The van der Waals surface area contributed by atoms with Gasteiger partial charge in [0, 0.05) is 19.3 Å². The monoisotopic (exact) mass is 1120 g/mol. The Bertz CT molecular complexity index is 1720. The molecule has 6 nitrogen and oxygen atoms in total. The molecule has 0 fully saturated rings. The lowest BCUT2D eigenvalue weighted by molar-refractivity contribution is -0.167. The van der Waals surface area contributed by atoms with Gasteiger partial charge in [-0.25, -0.2) is 0 Å². The van der Waals surface area contributed by atoms with Gasteiger partial charge < -0.3 is 14.2 Å². The lowest BCUT2D eigenvalue weighted by atomic mass is 10.0. The maximum Gasteiger partial charge on any atom is 0.306 e. The van der Waals surface area contributed by atoms with Crippen LogP contribution in [0.3, 0.4) is 0 Å². The molecule has 0 amide bonds. The van der Waals surface area contributed by atoms with E-state index in [-0.39, 0.29) is 31.1 Å². The highest BCUT2D eigenvalue weighted by atomic mass is 16.6. The molecule has 0 rings (SSSR count). The first-order valence-electron chi connectivity index (χ1n) is 33.7. The van der Waals surface area contributed by atoms with E-state index in [1.807, 2.05) is 0 Å². The van der Waals surface area contributed by atoms with E-state index >= 15 is 0 Å². The molecule has 0 aliphatic carbocycles. The van der Waals surface area contributed by atoms with Crippen molar-refractivity contribution < 1.29 is 28.6 Å². The number of hydrogen-bond acceptors (Lipinski definition) is 6. The molecule has 1 unspecified atom stereocenters. The predicted molar refractivity (Wildman–Crippen MR) is 353 cm³/mol. The van der Waals surface area contributed by atoms with Gasteiger partial charge in [-0.2, -0.15) is 0 Å². The zero-order valence-corrected chi connectivity index (χ0v) is 52.8. The normalized spacial score (nSPS) is 13.0. The van der Waals surface area contributed by atoms with Crippen molar-refractivity contribution in [3.63, 3.8) is 0 Å². The van der Waals surface area contributed by atoms with Crippen molar-refractivity contribution in [1.29, 1.82) is 0 Å². The topological polar surface area (TPSA) is 78.9 Å². The van der Waals surface area contributed by atoms with Gasteiger partial charge in [0.15, 0.2) is 6.10 Å². The Morgan fingerprint density at radius 1 is 0.259 bits per heavy atom. The second-order valence-corrected chi connectivity index (χ2v) is 22.0. The summed E-state index contributed by atoms with van der Waals surface area (Å²) in [5.74, 6) is -0.949. The molecule has 0 aliphatic heterocycles. The van der Waals surface area contributed by atoms with Crippen LogP contribution in [0.15, 0.2) is 134 Å². The second-order valence-electron chi connectivity index (χ2n) is 22.0. The molecule has 0 heterocycles. The van der Waals surface area contributed by atoms with Gasteiger partial charge >= 0.3 is 17.9 Å². The minimum absolute atomic E-state index is 0.0991. The molecule has 0 spiro atoms. The maximum absolute atomic E-state index is 12.9. The molecule has 0 saturated carbocycles. The van der Waals surface area contributed by atoms with Crippen LogP contribution in [0.5, 0.6) is 0 Å². The number of ether oxygens (including phenoxy) is 3. The van der Waals surface area contributed by atoms with Crippen LogP contribution in [0, 0.1) is 0 Å². The second kappa shape index (κ2) is 68.1. The average molecular weight is 1120 g/mol. The van der Waals surface area contributed by atoms with Gasteiger partial charge in [-0.3, -0.25) is 14.4 Å². The number of carbonyl (C=O) groups is 3. The van der Waals surface area contributed by atoms with Crippen molar-refractivity contribution in [1.82, 2.24) is 0 Å². The zero-order chi connectivity index (χ0) is 58.5. The summed E-state index contributed by atoms with van der Waals surface area (Å²) >= 11 is 0. The third-order valence-corrected chi connectivity index (χ3v) is 14.1. The third kappa shape index (κ3) is 66.2. The number of rotatable bonds is 60. The molecular formula is C75H124O6. The highest BCUT2D eigenvalue weighted by molar-refractivity contribution is 5.71. The summed E-state index contributed by atoms with van der Waals surface area (Å²) in [6.07, 6.45) is 96.1. The van der Waals surface area contributed by atoms with E-state index in [9.17, 15) is 14.4 Å². The van der Waals surface area contributed by atoms with Crippen LogP contribution >= 0.6 is 0 Å². The zero-order valence-electron chi connectivity index (χ0n) is 52.8. The van der Waals surface area contributed by atoms with Gasteiger partial charge in [-0.1, -0.05) is 283 Å². The summed E-state index contributed by atoms with van der Waals surface area (Å²) < 4.78 is 16.9. The molecule has 81 heavy (non-hydrogen) atoms. The molecule has 0 aliphatic rings. The molecule has 6 heteroatoms. The molecule has 1 atom stereocenters.